The van der Waals surface area contributed by atoms with Gasteiger partial charge >= 0.3 is 0 Å². The highest BCUT2D eigenvalue weighted by molar-refractivity contribution is 5.03. The molecule has 0 heterocycles. The van der Waals surface area contributed by atoms with Crippen LogP contribution in [-0.2, 0) is 0 Å². The molecule has 1 nitrogen and oxygen atoms in total. The van der Waals surface area contributed by atoms with Crippen LogP contribution >= 0.6 is 0 Å². The van der Waals surface area contributed by atoms with Crippen molar-refractivity contribution in [2.24, 2.45) is 23.2 Å². The number of aliphatic hydroxyl groups excluding tert-OH is 1. The van der Waals surface area contributed by atoms with Gasteiger partial charge in [-0.3, -0.25) is 0 Å². The summed E-state index contributed by atoms with van der Waals surface area (Å²) in [5.41, 5.74) is 0.490. The number of hydrogen-bond acceptors (Lipinski definition) is 1. The van der Waals surface area contributed by atoms with Crippen molar-refractivity contribution in [2.45, 2.75) is 39.7 Å². The molecule has 0 spiro atoms. The maximum Gasteiger partial charge on any atom is 0.0574 e. The van der Waals surface area contributed by atoms with E-state index < -0.39 is 0 Å². The lowest BCUT2D eigenvalue weighted by Gasteiger charge is -2.38. The van der Waals surface area contributed by atoms with Crippen molar-refractivity contribution in [3.63, 3.8) is 0 Å². The first-order chi connectivity index (χ1) is 5.03. The minimum absolute atomic E-state index is 0.0167. The van der Waals surface area contributed by atoms with Crippen LogP contribution in [0.25, 0.3) is 0 Å². The number of fused-ring (bicyclic) bond motifs is 2. The number of hydrogen-bond donors (Lipinski definition) is 1. The Kier molecular flexibility index (Phi) is 1.39. The lowest BCUT2D eigenvalue weighted by atomic mass is 9.69. The average molecular weight is 154 g/mol. The van der Waals surface area contributed by atoms with Crippen LogP contribution in [-0.4, -0.2) is 11.2 Å². The van der Waals surface area contributed by atoms with Gasteiger partial charge in [0.25, 0.3) is 0 Å². The van der Waals surface area contributed by atoms with E-state index in [2.05, 4.69) is 20.8 Å². The van der Waals surface area contributed by atoms with Crippen LogP contribution in [0.4, 0.5) is 0 Å². The van der Waals surface area contributed by atoms with Crippen molar-refractivity contribution >= 4 is 0 Å². The third-order valence-corrected chi connectivity index (χ3v) is 4.44. The summed E-state index contributed by atoms with van der Waals surface area (Å²) in [7, 11) is 0. The van der Waals surface area contributed by atoms with Crippen LogP contribution in [0.15, 0.2) is 0 Å². The molecule has 2 saturated carbocycles. The molecule has 0 aromatic carbocycles. The minimum atomic E-state index is 0.0167. The average Bonchev–Trinajstić information content (AvgIpc) is 2.36. The van der Waals surface area contributed by atoms with Gasteiger partial charge in [0.05, 0.1) is 6.10 Å². The summed E-state index contributed by atoms with van der Waals surface area (Å²) >= 11 is 0. The summed E-state index contributed by atoms with van der Waals surface area (Å²) in [5, 5.41) is 9.62. The molecule has 2 bridgehead atoms. The Labute approximate surface area is 68.8 Å². The highest BCUT2D eigenvalue weighted by Crippen LogP contribution is 2.58. The van der Waals surface area contributed by atoms with Crippen molar-refractivity contribution in [3.05, 3.63) is 0 Å². The maximum atomic E-state index is 9.62. The molecule has 1 heteroatoms. The summed E-state index contributed by atoms with van der Waals surface area (Å²) < 4.78 is 0. The molecule has 0 aliphatic heterocycles. The van der Waals surface area contributed by atoms with Crippen LogP contribution < -0.4 is 0 Å². The van der Waals surface area contributed by atoms with Crippen molar-refractivity contribution < 1.29 is 5.11 Å². The Morgan fingerprint density at radius 3 is 2.27 bits per heavy atom. The summed E-state index contributed by atoms with van der Waals surface area (Å²) in [6, 6.07) is 0. The first kappa shape index (κ1) is 7.60. The van der Waals surface area contributed by atoms with Gasteiger partial charge in [0, 0.05) is 0 Å². The standard InChI is InChI=1S/C10H18O/c1-6-8-4-7(5-9(8)11)10(6,2)3/h6-9,11H,4-5H2,1-3H3/t6-,7-,8+,9+/m1/s1. The summed E-state index contributed by atoms with van der Waals surface area (Å²) in [6.45, 7) is 7.01. The zero-order chi connectivity index (χ0) is 8.22. The summed E-state index contributed by atoms with van der Waals surface area (Å²) in [4.78, 5) is 0. The molecule has 2 rings (SSSR count). The molecular formula is C10H18O. The Hall–Kier alpha value is -0.0400. The molecule has 2 aliphatic carbocycles. The van der Waals surface area contributed by atoms with Crippen LogP contribution in [0, 0.1) is 23.2 Å². The zero-order valence-corrected chi connectivity index (χ0v) is 7.67. The van der Waals surface area contributed by atoms with Crippen molar-refractivity contribution in [3.8, 4) is 0 Å². The fourth-order valence-electron chi connectivity index (χ4n) is 3.12. The third-order valence-electron chi connectivity index (χ3n) is 4.44. The molecular weight excluding hydrogens is 136 g/mol. The maximum absolute atomic E-state index is 9.62. The Bertz CT molecular complexity index is 170. The zero-order valence-electron chi connectivity index (χ0n) is 7.67. The Balaban J connectivity index is 2.25. The fourth-order valence-corrected chi connectivity index (χ4v) is 3.12. The van der Waals surface area contributed by atoms with E-state index in [1.165, 1.54) is 6.42 Å². The second-order valence-corrected chi connectivity index (χ2v) is 5.01. The Morgan fingerprint density at radius 1 is 1.27 bits per heavy atom. The molecule has 0 amide bonds. The van der Waals surface area contributed by atoms with E-state index in [0.717, 1.165) is 18.3 Å². The SMILES string of the molecule is C[C@@H]1[C@@H]2C[C@H](C[C@@H]2O)C1(C)C. The fraction of sp³-hybridized carbons (Fsp3) is 1.00. The minimum Gasteiger partial charge on any atom is -0.393 e. The van der Waals surface area contributed by atoms with E-state index in [0.29, 0.717) is 11.3 Å². The predicted octanol–water partition coefficient (Wildman–Crippen LogP) is 2.05. The van der Waals surface area contributed by atoms with Gasteiger partial charge in [-0.15, -0.1) is 0 Å². The van der Waals surface area contributed by atoms with Crippen LogP contribution in [0.1, 0.15) is 33.6 Å². The molecule has 0 unspecified atom stereocenters. The molecule has 2 fully saturated rings. The highest BCUT2D eigenvalue weighted by atomic mass is 16.3. The van der Waals surface area contributed by atoms with Gasteiger partial charge in [0.15, 0.2) is 0 Å². The van der Waals surface area contributed by atoms with Crippen LogP contribution in [0.2, 0.25) is 0 Å². The molecule has 0 aromatic rings. The highest BCUT2D eigenvalue weighted by Gasteiger charge is 2.54. The van der Waals surface area contributed by atoms with E-state index >= 15 is 0 Å². The molecule has 1 N–H and O–H groups in total. The molecule has 2 aliphatic rings. The van der Waals surface area contributed by atoms with Crippen molar-refractivity contribution in [1.82, 2.24) is 0 Å². The monoisotopic (exact) mass is 154 g/mol. The first-order valence-corrected chi connectivity index (χ1v) is 4.71. The van der Waals surface area contributed by atoms with Gasteiger partial charge in [-0.2, -0.15) is 0 Å². The van der Waals surface area contributed by atoms with Gasteiger partial charge in [0.1, 0.15) is 0 Å². The Morgan fingerprint density at radius 2 is 1.91 bits per heavy atom. The molecule has 11 heavy (non-hydrogen) atoms. The van der Waals surface area contributed by atoms with E-state index in [4.69, 9.17) is 0 Å². The van der Waals surface area contributed by atoms with Crippen molar-refractivity contribution in [2.75, 3.05) is 0 Å². The number of aliphatic hydroxyl groups is 1. The van der Waals surface area contributed by atoms with Gasteiger partial charge in [-0.1, -0.05) is 20.8 Å². The van der Waals surface area contributed by atoms with Gasteiger partial charge in [-0.05, 0) is 36.0 Å². The summed E-state index contributed by atoms with van der Waals surface area (Å²) in [6.07, 6.45) is 2.35. The normalized spacial score (nSPS) is 53.5. The smallest absolute Gasteiger partial charge is 0.0574 e. The number of rotatable bonds is 0. The first-order valence-electron chi connectivity index (χ1n) is 4.71. The quantitative estimate of drug-likeness (QED) is 0.566. The van der Waals surface area contributed by atoms with Crippen LogP contribution in [0.3, 0.4) is 0 Å². The lowest BCUT2D eigenvalue weighted by Crippen LogP contribution is -2.35. The molecule has 64 valence electrons. The van der Waals surface area contributed by atoms with E-state index in [-0.39, 0.29) is 6.10 Å². The predicted molar refractivity (Wildman–Crippen MR) is 45.2 cm³/mol. The molecule has 4 atom stereocenters. The third kappa shape index (κ3) is 0.807. The van der Waals surface area contributed by atoms with Gasteiger partial charge < -0.3 is 5.11 Å². The largest absolute Gasteiger partial charge is 0.393 e. The van der Waals surface area contributed by atoms with Crippen molar-refractivity contribution in [1.29, 1.82) is 0 Å². The van der Waals surface area contributed by atoms with Crippen LogP contribution in [0.5, 0.6) is 0 Å². The topological polar surface area (TPSA) is 20.2 Å². The van der Waals surface area contributed by atoms with Gasteiger partial charge in [0.2, 0.25) is 0 Å². The molecule has 0 saturated heterocycles. The van der Waals surface area contributed by atoms with E-state index in [1.54, 1.807) is 0 Å². The second-order valence-electron chi connectivity index (χ2n) is 5.01. The van der Waals surface area contributed by atoms with E-state index in [1.807, 2.05) is 0 Å². The molecule has 0 radical (unpaired) electrons. The molecule has 0 aromatic heterocycles. The second kappa shape index (κ2) is 2.01. The lowest BCUT2D eigenvalue weighted by molar-refractivity contribution is 0.0239. The van der Waals surface area contributed by atoms with Gasteiger partial charge in [-0.25, -0.2) is 0 Å². The van der Waals surface area contributed by atoms with E-state index in [9.17, 15) is 5.11 Å². The summed E-state index contributed by atoms with van der Waals surface area (Å²) in [5.74, 6) is 2.11.